The van der Waals surface area contributed by atoms with Crippen molar-refractivity contribution >= 4 is 0 Å². The highest BCUT2D eigenvalue weighted by atomic mass is 14.9. The molecule has 0 bridgehead atoms. The Hall–Kier alpha value is -1.08. The third-order valence-corrected chi connectivity index (χ3v) is 5.17. The SMILES string of the molecule is CCCNC(C1=CCCCCC1)C1CCc2ccccc21. The first-order valence-electron chi connectivity index (χ1n) is 8.90. The van der Waals surface area contributed by atoms with Crippen molar-refractivity contribution in [3.05, 3.63) is 47.0 Å². The predicted octanol–water partition coefficient (Wildman–Crippen LogP) is 4.98. The van der Waals surface area contributed by atoms with E-state index < -0.39 is 0 Å². The number of hydrogen-bond acceptors (Lipinski definition) is 1. The zero-order chi connectivity index (χ0) is 14.5. The van der Waals surface area contributed by atoms with Gasteiger partial charge in [-0.3, -0.25) is 0 Å². The molecule has 2 unspecified atom stereocenters. The van der Waals surface area contributed by atoms with Crippen LogP contribution >= 0.6 is 0 Å². The third kappa shape index (κ3) is 3.40. The maximum atomic E-state index is 3.88. The number of nitrogens with one attached hydrogen (secondary N) is 1. The Balaban J connectivity index is 1.84. The Morgan fingerprint density at radius 2 is 2.05 bits per heavy atom. The molecule has 1 nitrogen and oxygen atoms in total. The van der Waals surface area contributed by atoms with Crippen molar-refractivity contribution in [3.63, 3.8) is 0 Å². The molecule has 1 N–H and O–H groups in total. The van der Waals surface area contributed by atoms with E-state index in [0.29, 0.717) is 12.0 Å². The van der Waals surface area contributed by atoms with Crippen LogP contribution in [0.5, 0.6) is 0 Å². The van der Waals surface area contributed by atoms with Gasteiger partial charge in [0.15, 0.2) is 0 Å². The van der Waals surface area contributed by atoms with Gasteiger partial charge >= 0.3 is 0 Å². The van der Waals surface area contributed by atoms with Gasteiger partial charge in [0.1, 0.15) is 0 Å². The summed E-state index contributed by atoms with van der Waals surface area (Å²) in [5.41, 5.74) is 4.89. The first-order chi connectivity index (χ1) is 10.4. The van der Waals surface area contributed by atoms with Crippen molar-refractivity contribution in [2.24, 2.45) is 0 Å². The van der Waals surface area contributed by atoms with Crippen LogP contribution < -0.4 is 5.32 Å². The maximum absolute atomic E-state index is 3.88. The van der Waals surface area contributed by atoms with E-state index in [2.05, 4.69) is 42.6 Å². The van der Waals surface area contributed by atoms with Crippen molar-refractivity contribution in [3.8, 4) is 0 Å². The molecule has 21 heavy (non-hydrogen) atoms. The lowest BCUT2D eigenvalue weighted by Crippen LogP contribution is -2.36. The van der Waals surface area contributed by atoms with Crippen LogP contribution in [0.1, 0.15) is 68.9 Å². The normalized spacial score (nSPS) is 23.3. The lowest BCUT2D eigenvalue weighted by Gasteiger charge is -2.28. The first kappa shape index (κ1) is 14.8. The van der Waals surface area contributed by atoms with Crippen LogP contribution in [-0.4, -0.2) is 12.6 Å². The highest BCUT2D eigenvalue weighted by molar-refractivity contribution is 5.38. The molecule has 2 atom stereocenters. The lowest BCUT2D eigenvalue weighted by atomic mass is 9.86. The van der Waals surface area contributed by atoms with Crippen LogP contribution in [0.3, 0.4) is 0 Å². The van der Waals surface area contributed by atoms with E-state index in [4.69, 9.17) is 0 Å². The molecule has 114 valence electrons. The van der Waals surface area contributed by atoms with Crippen molar-refractivity contribution in [1.82, 2.24) is 5.32 Å². The molecule has 1 aromatic carbocycles. The average molecular weight is 283 g/mol. The summed E-state index contributed by atoms with van der Waals surface area (Å²) in [5.74, 6) is 0.692. The van der Waals surface area contributed by atoms with Gasteiger partial charge in [-0.15, -0.1) is 0 Å². The minimum absolute atomic E-state index is 0.576. The quantitative estimate of drug-likeness (QED) is 0.752. The fourth-order valence-electron chi connectivity index (χ4n) is 4.09. The Bertz CT molecular complexity index is 488. The van der Waals surface area contributed by atoms with Gasteiger partial charge < -0.3 is 5.32 Å². The number of benzene rings is 1. The molecule has 2 aliphatic rings. The van der Waals surface area contributed by atoms with Crippen LogP contribution in [0.4, 0.5) is 0 Å². The van der Waals surface area contributed by atoms with Crippen LogP contribution in [-0.2, 0) is 6.42 Å². The third-order valence-electron chi connectivity index (χ3n) is 5.17. The van der Waals surface area contributed by atoms with Gasteiger partial charge in [0.2, 0.25) is 0 Å². The molecule has 3 rings (SSSR count). The van der Waals surface area contributed by atoms with E-state index in [-0.39, 0.29) is 0 Å². The van der Waals surface area contributed by atoms with E-state index in [1.54, 1.807) is 16.7 Å². The molecule has 0 heterocycles. The summed E-state index contributed by atoms with van der Waals surface area (Å²) in [4.78, 5) is 0. The first-order valence-corrected chi connectivity index (χ1v) is 8.90. The Morgan fingerprint density at radius 3 is 2.95 bits per heavy atom. The summed E-state index contributed by atoms with van der Waals surface area (Å²) in [6.45, 7) is 3.41. The van der Waals surface area contributed by atoms with Crippen LogP contribution in [0.2, 0.25) is 0 Å². The topological polar surface area (TPSA) is 12.0 Å². The molecule has 0 aliphatic heterocycles. The molecule has 0 aromatic heterocycles. The second-order valence-corrected chi connectivity index (χ2v) is 6.65. The average Bonchev–Trinajstić information content (AvgIpc) is 2.75. The van der Waals surface area contributed by atoms with Crippen LogP contribution in [0.25, 0.3) is 0 Å². The molecule has 0 saturated carbocycles. The zero-order valence-electron chi connectivity index (χ0n) is 13.4. The van der Waals surface area contributed by atoms with Gasteiger partial charge in [-0.2, -0.15) is 0 Å². The summed E-state index contributed by atoms with van der Waals surface area (Å²) in [6.07, 6.45) is 13.1. The molecular weight excluding hydrogens is 254 g/mol. The summed E-state index contributed by atoms with van der Waals surface area (Å²) in [5, 5.41) is 3.88. The van der Waals surface area contributed by atoms with Gasteiger partial charge in [0.05, 0.1) is 0 Å². The summed E-state index contributed by atoms with van der Waals surface area (Å²) in [6, 6.07) is 9.68. The van der Waals surface area contributed by atoms with Crippen molar-refractivity contribution < 1.29 is 0 Å². The molecule has 0 fully saturated rings. The highest BCUT2D eigenvalue weighted by Gasteiger charge is 2.31. The number of allylic oxidation sites excluding steroid dienone is 1. The fraction of sp³-hybridized carbons (Fsp3) is 0.600. The number of hydrogen-bond donors (Lipinski definition) is 1. The van der Waals surface area contributed by atoms with Crippen LogP contribution in [0, 0.1) is 0 Å². The molecule has 0 saturated heterocycles. The Labute approximate surface area is 129 Å². The molecule has 0 amide bonds. The van der Waals surface area contributed by atoms with Crippen LogP contribution in [0.15, 0.2) is 35.9 Å². The molecule has 0 radical (unpaired) electrons. The second-order valence-electron chi connectivity index (χ2n) is 6.65. The van der Waals surface area contributed by atoms with E-state index >= 15 is 0 Å². The molecule has 0 spiro atoms. The second kappa shape index (κ2) is 7.26. The zero-order valence-corrected chi connectivity index (χ0v) is 13.4. The van der Waals surface area contributed by atoms with E-state index in [1.165, 1.54) is 51.4 Å². The minimum atomic E-state index is 0.576. The predicted molar refractivity (Wildman–Crippen MR) is 90.8 cm³/mol. The summed E-state index contributed by atoms with van der Waals surface area (Å²) in [7, 11) is 0. The summed E-state index contributed by atoms with van der Waals surface area (Å²) < 4.78 is 0. The largest absolute Gasteiger partial charge is 0.310 e. The smallest absolute Gasteiger partial charge is 0.0348 e. The fourth-order valence-corrected chi connectivity index (χ4v) is 4.09. The summed E-state index contributed by atoms with van der Waals surface area (Å²) >= 11 is 0. The number of rotatable bonds is 5. The molecular formula is C20H29N. The van der Waals surface area contributed by atoms with E-state index in [0.717, 1.165) is 6.54 Å². The highest BCUT2D eigenvalue weighted by Crippen LogP contribution is 2.39. The Morgan fingerprint density at radius 1 is 1.14 bits per heavy atom. The Kier molecular flexibility index (Phi) is 5.13. The van der Waals surface area contributed by atoms with E-state index in [1.807, 2.05) is 0 Å². The van der Waals surface area contributed by atoms with Gasteiger partial charge in [-0.25, -0.2) is 0 Å². The van der Waals surface area contributed by atoms with Gasteiger partial charge in [-0.1, -0.05) is 49.3 Å². The van der Waals surface area contributed by atoms with Crippen molar-refractivity contribution in [2.75, 3.05) is 6.54 Å². The van der Waals surface area contributed by atoms with Gasteiger partial charge in [0.25, 0.3) is 0 Å². The lowest BCUT2D eigenvalue weighted by molar-refractivity contribution is 0.462. The van der Waals surface area contributed by atoms with Crippen molar-refractivity contribution in [1.29, 1.82) is 0 Å². The van der Waals surface area contributed by atoms with E-state index in [9.17, 15) is 0 Å². The molecule has 2 aliphatic carbocycles. The monoisotopic (exact) mass is 283 g/mol. The van der Waals surface area contributed by atoms with Gasteiger partial charge in [0, 0.05) is 12.0 Å². The van der Waals surface area contributed by atoms with Gasteiger partial charge in [-0.05, 0) is 62.6 Å². The molecule has 1 aromatic rings. The number of aryl methyl sites for hydroxylation is 1. The maximum Gasteiger partial charge on any atom is 0.0348 e. The minimum Gasteiger partial charge on any atom is -0.310 e. The van der Waals surface area contributed by atoms with Crippen molar-refractivity contribution in [2.45, 2.75) is 70.3 Å². The number of fused-ring (bicyclic) bond motifs is 1. The standard InChI is InChI=1S/C20H29N/c1-2-15-21-20(17-10-5-3-4-6-11-17)19-14-13-16-9-7-8-12-18(16)19/h7-10,12,19-21H,2-6,11,13-15H2,1H3. The molecule has 1 heteroatoms.